The Kier molecular flexibility index (Phi) is 3.12. The summed E-state index contributed by atoms with van der Waals surface area (Å²) < 4.78 is 11.1. The molecule has 0 saturated carbocycles. The predicted molar refractivity (Wildman–Crippen MR) is 77.2 cm³/mol. The third kappa shape index (κ3) is 2.24. The lowest BCUT2D eigenvalue weighted by Crippen LogP contribution is -2.01. The van der Waals surface area contributed by atoms with Crippen LogP contribution in [-0.2, 0) is 0 Å². The van der Waals surface area contributed by atoms with Gasteiger partial charge in [-0.3, -0.25) is 0 Å². The number of benzene rings is 1. The minimum Gasteiger partial charge on any atom is -0.442 e. The Hall–Kier alpha value is -2.78. The molecule has 0 fully saturated rings. The van der Waals surface area contributed by atoms with Crippen molar-refractivity contribution in [2.45, 2.75) is 6.92 Å². The van der Waals surface area contributed by atoms with Gasteiger partial charge in [-0.25, -0.2) is 4.98 Å². The molecule has 0 unspecified atom stereocenters. The van der Waals surface area contributed by atoms with Crippen LogP contribution in [0.4, 0.5) is 5.69 Å². The SMILES string of the molecule is Cc1nc(Cl)nc(Oc2c(C#N)oc3ccccc23)c1N. The van der Waals surface area contributed by atoms with Crippen molar-refractivity contribution in [3.05, 3.63) is 41.0 Å². The molecule has 0 saturated heterocycles. The molecule has 2 aromatic heterocycles. The van der Waals surface area contributed by atoms with Crippen LogP contribution in [0.5, 0.6) is 11.6 Å². The number of para-hydroxylation sites is 1. The molecule has 2 heterocycles. The number of nitrogen functional groups attached to an aromatic ring is 1. The molecule has 2 N–H and O–H groups in total. The number of aryl methyl sites for hydroxylation is 1. The van der Waals surface area contributed by atoms with Gasteiger partial charge in [-0.15, -0.1) is 0 Å². The standard InChI is InChI=1S/C14H9ClN4O2/c1-7-11(17)13(19-14(15)18-7)21-12-8-4-2-3-5-9(8)20-10(12)6-16/h2-5H,17H2,1H3. The average Bonchev–Trinajstić information content (AvgIpc) is 2.82. The third-order valence-electron chi connectivity index (χ3n) is 2.92. The summed E-state index contributed by atoms with van der Waals surface area (Å²) >= 11 is 5.81. The highest BCUT2D eigenvalue weighted by atomic mass is 35.5. The number of fused-ring (bicyclic) bond motifs is 1. The monoisotopic (exact) mass is 300 g/mol. The van der Waals surface area contributed by atoms with Crippen LogP contribution < -0.4 is 10.5 Å². The zero-order chi connectivity index (χ0) is 15.0. The molecule has 1 aromatic carbocycles. The van der Waals surface area contributed by atoms with Crippen molar-refractivity contribution in [2.75, 3.05) is 5.73 Å². The summed E-state index contributed by atoms with van der Waals surface area (Å²) in [6, 6.07) is 9.08. The van der Waals surface area contributed by atoms with Gasteiger partial charge in [0.15, 0.2) is 5.75 Å². The van der Waals surface area contributed by atoms with Gasteiger partial charge in [0.1, 0.15) is 17.3 Å². The molecule has 3 aromatic rings. The molecule has 0 aliphatic rings. The maximum absolute atomic E-state index is 9.16. The number of nitriles is 1. The first kappa shape index (κ1) is 13.2. The van der Waals surface area contributed by atoms with Crippen LogP contribution in [-0.4, -0.2) is 9.97 Å². The average molecular weight is 301 g/mol. The molecule has 0 aliphatic heterocycles. The number of nitrogens with zero attached hydrogens (tertiary/aromatic N) is 3. The van der Waals surface area contributed by atoms with Gasteiger partial charge >= 0.3 is 0 Å². The molecule has 0 radical (unpaired) electrons. The predicted octanol–water partition coefficient (Wildman–Crippen LogP) is 3.43. The van der Waals surface area contributed by atoms with E-state index in [1.54, 1.807) is 25.1 Å². The van der Waals surface area contributed by atoms with Gasteiger partial charge in [-0.2, -0.15) is 10.2 Å². The molecular weight excluding hydrogens is 292 g/mol. The minimum absolute atomic E-state index is 0.0167. The molecule has 0 aliphatic carbocycles. The Bertz CT molecular complexity index is 883. The van der Waals surface area contributed by atoms with Gasteiger partial charge < -0.3 is 14.9 Å². The highest BCUT2D eigenvalue weighted by Crippen LogP contribution is 2.37. The maximum atomic E-state index is 9.16. The summed E-state index contributed by atoms with van der Waals surface area (Å²) in [5, 5.41) is 9.83. The molecule has 7 heteroatoms. The van der Waals surface area contributed by atoms with Crippen LogP contribution in [0.15, 0.2) is 28.7 Å². The van der Waals surface area contributed by atoms with Crippen molar-refractivity contribution in [3.63, 3.8) is 0 Å². The Morgan fingerprint density at radius 2 is 2.10 bits per heavy atom. The molecule has 0 bridgehead atoms. The number of rotatable bonds is 2. The number of ether oxygens (including phenoxy) is 1. The highest BCUT2D eigenvalue weighted by Gasteiger charge is 2.19. The zero-order valence-electron chi connectivity index (χ0n) is 10.9. The lowest BCUT2D eigenvalue weighted by Gasteiger charge is -2.08. The largest absolute Gasteiger partial charge is 0.442 e. The summed E-state index contributed by atoms with van der Waals surface area (Å²) in [4.78, 5) is 7.88. The number of hydrogen-bond acceptors (Lipinski definition) is 6. The van der Waals surface area contributed by atoms with E-state index in [0.717, 1.165) is 0 Å². The number of halogens is 1. The molecule has 0 atom stereocenters. The summed E-state index contributed by atoms with van der Waals surface area (Å²) in [5.41, 5.74) is 7.18. The molecule has 104 valence electrons. The van der Waals surface area contributed by atoms with Crippen LogP contribution in [0.1, 0.15) is 11.5 Å². The smallest absolute Gasteiger partial charge is 0.247 e. The number of furan rings is 1. The van der Waals surface area contributed by atoms with E-state index in [4.69, 9.17) is 31.8 Å². The van der Waals surface area contributed by atoms with E-state index in [0.29, 0.717) is 16.7 Å². The van der Waals surface area contributed by atoms with E-state index in [1.807, 2.05) is 12.1 Å². The maximum Gasteiger partial charge on any atom is 0.247 e. The molecule has 0 spiro atoms. The second-order valence-electron chi connectivity index (χ2n) is 4.27. The third-order valence-corrected chi connectivity index (χ3v) is 3.09. The first-order chi connectivity index (χ1) is 10.1. The van der Waals surface area contributed by atoms with Gasteiger partial charge in [0, 0.05) is 0 Å². The summed E-state index contributed by atoms with van der Waals surface area (Å²) in [6.45, 7) is 1.69. The first-order valence-corrected chi connectivity index (χ1v) is 6.37. The Balaban J connectivity index is 2.17. The van der Waals surface area contributed by atoms with Crippen molar-refractivity contribution in [1.29, 1.82) is 5.26 Å². The van der Waals surface area contributed by atoms with Crippen LogP contribution in [0.2, 0.25) is 5.28 Å². The molecule has 21 heavy (non-hydrogen) atoms. The van der Waals surface area contributed by atoms with Crippen molar-refractivity contribution in [1.82, 2.24) is 9.97 Å². The van der Waals surface area contributed by atoms with E-state index < -0.39 is 0 Å². The molecule has 0 amide bonds. The number of nitrogens with two attached hydrogens (primary N) is 1. The molecule has 6 nitrogen and oxygen atoms in total. The normalized spacial score (nSPS) is 10.5. The van der Waals surface area contributed by atoms with Crippen molar-refractivity contribution >= 4 is 28.3 Å². The van der Waals surface area contributed by atoms with Gasteiger partial charge in [0.2, 0.25) is 16.9 Å². The van der Waals surface area contributed by atoms with Gasteiger partial charge in [-0.05, 0) is 30.7 Å². The highest BCUT2D eigenvalue weighted by molar-refractivity contribution is 6.28. The van der Waals surface area contributed by atoms with E-state index >= 15 is 0 Å². The van der Waals surface area contributed by atoms with Crippen LogP contribution in [0, 0.1) is 18.3 Å². The lowest BCUT2D eigenvalue weighted by molar-refractivity contribution is 0.451. The van der Waals surface area contributed by atoms with E-state index in [9.17, 15) is 0 Å². The Labute approximate surface area is 124 Å². The second kappa shape index (κ2) is 4.96. The van der Waals surface area contributed by atoms with E-state index in [1.165, 1.54) is 0 Å². The zero-order valence-corrected chi connectivity index (χ0v) is 11.7. The first-order valence-electron chi connectivity index (χ1n) is 5.99. The van der Waals surface area contributed by atoms with Crippen LogP contribution in [0.25, 0.3) is 11.0 Å². The van der Waals surface area contributed by atoms with Crippen molar-refractivity contribution in [2.24, 2.45) is 0 Å². The summed E-state index contributed by atoms with van der Waals surface area (Å²) in [7, 11) is 0. The lowest BCUT2D eigenvalue weighted by atomic mass is 10.2. The quantitative estimate of drug-likeness (QED) is 0.728. The van der Waals surface area contributed by atoms with Gasteiger partial charge in [-0.1, -0.05) is 12.1 Å². The van der Waals surface area contributed by atoms with Crippen LogP contribution in [0.3, 0.4) is 0 Å². The van der Waals surface area contributed by atoms with Gasteiger partial charge in [0.25, 0.3) is 0 Å². The second-order valence-corrected chi connectivity index (χ2v) is 4.61. The Morgan fingerprint density at radius 1 is 1.33 bits per heavy atom. The van der Waals surface area contributed by atoms with E-state index in [-0.39, 0.29) is 28.4 Å². The summed E-state index contributed by atoms with van der Waals surface area (Å²) in [5.74, 6) is 0.396. The van der Waals surface area contributed by atoms with E-state index in [2.05, 4.69) is 9.97 Å². The fourth-order valence-corrected chi connectivity index (χ4v) is 2.10. The van der Waals surface area contributed by atoms with Crippen molar-refractivity contribution in [3.8, 4) is 17.7 Å². The van der Waals surface area contributed by atoms with Crippen LogP contribution >= 0.6 is 11.6 Å². The Morgan fingerprint density at radius 3 is 2.86 bits per heavy atom. The molecule has 3 rings (SSSR count). The fraction of sp³-hybridized carbons (Fsp3) is 0.0714. The van der Waals surface area contributed by atoms with Crippen molar-refractivity contribution < 1.29 is 9.15 Å². The topological polar surface area (TPSA) is 98.0 Å². The summed E-state index contributed by atoms with van der Waals surface area (Å²) in [6.07, 6.45) is 0. The molecular formula is C14H9ClN4O2. The van der Waals surface area contributed by atoms with Gasteiger partial charge in [0.05, 0.1) is 11.1 Å². The number of anilines is 1. The fourth-order valence-electron chi connectivity index (χ4n) is 1.89. The number of hydrogen-bond donors (Lipinski definition) is 1. The minimum atomic E-state index is 0.0167. The number of aromatic nitrogens is 2.